The van der Waals surface area contributed by atoms with Crippen molar-refractivity contribution in [1.82, 2.24) is 5.32 Å². The molecule has 0 atom stereocenters. The van der Waals surface area contributed by atoms with Crippen LogP contribution < -0.4 is 5.32 Å². The van der Waals surface area contributed by atoms with E-state index in [1.54, 1.807) is 23.5 Å². The Morgan fingerprint density at radius 3 is 2.78 bits per heavy atom. The van der Waals surface area contributed by atoms with Gasteiger partial charge in [0.25, 0.3) is 0 Å². The van der Waals surface area contributed by atoms with E-state index in [2.05, 4.69) is 16.8 Å². The molecule has 4 heteroatoms. The quantitative estimate of drug-likeness (QED) is 0.786. The first-order chi connectivity index (χ1) is 8.77. The molecule has 0 bridgehead atoms. The van der Waals surface area contributed by atoms with Gasteiger partial charge in [-0.25, -0.2) is 4.79 Å². The number of hydrogen-bond donors (Lipinski definition) is 2. The van der Waals surface area contributed by atoms with E-state index in [0.717, 1.165) is 18.5 Å². The number of carboxylic acid groups (broad SMARTS) is 1. The standard InChI is InChI=1S/C14H15NO2S/c16-14(17)13-6-2-1-4-11(13)10-15-8-7-12-5-3-9-18-12/h1-6,9,15H,7-8,10H2,(H,16,17). The van der Waals surface area contributed by atoms with Gasteiger partial charge in [0.05, 0.1) is 5.56 Å². The molecule has 0 saturated carbocycles. The first kappa shape index (κ1) is 12.8. The number of nitrogens with one attached hydrogen (secondary N) is 1. The highest BCUT2D eigenvalue weighted by Crippen LogP contribution is 2.10. The fourth-order valence-corrected chi connectivity index (χ4v) is 2.48. The topological polar surface area (TPSA) is 49.3 Å². The zero-order valence-corrected chi connectivity index (χ0v) is 10.7. The summed E-state index contributed by atoms with van der Waals surface area (Å²) in [7, 11) is 0. The summed E-state index contributed by atoms with van der Waals surface area (Å²) in [6.07, 6.45) is 0.979. The summed E-state index contributed by atoms with van der Waals surface area (Å²) >= 11 is 1.74. The smallest absolute Gasteiger partial charge is 0.336 e. The van der Waals surface area contributed by atoms with Gasteiger partial charge in [-0.05, 0) is 29.5 Å². The maximum atomic E-state index is 11.0. The zero-order valence-electron chi connectivity index (χ0n) is 9.93. The minimum Gasteiger partial charge on any atom is -0.478 e. The Morgan fingerprint density at radius 1 is 1.22 bits per heavy atom. The lowest BCUT2D eigenvalue weighted by Gasteiger charge is -2.07. The van der Waals surface area contributed by atoms with Crippen LogP contribution in [0, 0.1) is 0 Å². The molecule has 1 heterocycles. The molecule has 94 valence electrons. The zero-order chi connectivity index (χ0) is 12.8. The van der Waals surface area contributed by atoms with Crippen LogP contribution in [0.15, 0.2) is 41.8 Å². The molecule has 0 radical (unpaired) electrons. The fraction of sp³-hybridized carbons (Fsp3) is 0.214. The highest BCUT2D eigenvalue weighted by molar-refractivity contribution is 7.09. The van der Waals surface area contributed by atoms with Crippen LogP contribution in [0.1, 0.15) is 20.8 Å². The molecule has 0 fully saturated rings. The van der Waals surface area contributed by atoms with Gasteiger partial charge in [-0.15, -0.1) is 11.3 Å². The van der Waals surface area contributed by atoms with Gasteiger partial charge < -0.3 is 10.4 Å². The molecule has 0 spiro atoms. The van der Waals surface area contributed by atoms with Gasteiger partial charge in [0.15, 0.2) is 0 Å². The normalized spacial score (nSPS) is 10.4. The Morgan fingerprint density at radius 2 is 2.06 bits per heavy atom. The van der Waals surface area contributed by atoms with Crippen molar-refractivity contribution in [2.45, 2.75) is 13.0 Å². The largest absolute Gasteiger partial charge is 0.478 e. The second kappa shape index (κ2) is 6.33. The third-order valence-corrected chi connectivity index (χ3v) is 3.63. The van der Waals surface area contributed by atoms with E-state index < -0.39 is 5.97 Å². The summed E-state index contributed by atoms with van der Waals surface area (Å²) in [4.78, 5) is 12.4. The molecule has 18 heavy (non-hydrogen) atoms. The van der Waals surface area contributed by atoms with Gasteiger partial charge in [0.2, 0.25) is 0 Å². The Labute approximate surface area is 110 Å². The molecule has 2 aromatic rings. The molecule has 2 rings (SSSR count). The van der Waals surface area contributed by atoms with Crippen LogP contribution in [0.3, 0.4) is 0 Å². The Bertz CT molecular complexity index is 508. The summed E-state index contributed by atoms with van der Waals surface area (Å²) in [5, 5.41) is 14.4. The van der Waals surface area contributed by atoms with Crippen LogP contribution in [0.5, 0.6) is 0 Å². The van der Waals surface area contributed by atoms with Crippen molar-refractivity contribution in [2.75, 3.05) is 6.54 Å². The molecule has 0 saturated heterocycles. The second-order valence-corrected chi connectivity index (χ2v) is 5.00. The van der Waals surface area contributed by atoms with Crippen molar-refractivity contribution in [3.63, 3.8) is 0 Å². The van der Waals surface area contributed by atoms with Crippen LogP contribution in [0.25, 0.3) is 0 Å². The van der Waals surface area contributed by atoms with Crippen molar-refractivity contribution < 1.29 is 9.90 Å². The molecular weight excluding hydrogens is 246 g/mol. The number of aromatic carboxylic acids is 1. The van der Waals surface area contributed by atoms with Gasteiger partial charge in [0, 0.05) is 18.0 Å². The number of rotatable bonds is 6. The molecule has 2 N–H and O–H groups in total. The number of thiophene rings is 1. The highest BCUT2D eigenvalue weighted by Gasteiger charge is 2.07. The average Bonchev–Trinajstić information content (AvgIpc) is 2.88. The fourth-order valence-electron chi connectivity index (χ4n) is 1.77. The molecule has 1 aromatic heterocycles. The minimum absolute atomic E-state index is 0.376. The monoisotopic (exact) mass is 261 g/mol. The maximum absolute atomic E-state index is 11.0. The van der Waals surface area contributed by atoms with Gasteiger partial charge in [0.1, 0.15) is 0 Å². The number of carbonyl (C=O) groups is 1. The first-order valence-electron chi connectivity index (χ1n) is 5.81. The van der Waals surface area contributed by atoms with E-state index in [1.807, 2.05) is 18.2 Å². The molecular formula is C14H15NO2S. The van der Waals surface area contributed by atoms with Crippen molar-refractivity contribution in [3.8, 4) is 0 Å². The Kier molecular flexibility index (Phi) is 4.50. The van der Waals surface area contributed by atoms with E-state index in [0.29, 0.717) is 12.1 Å². The Balaban J connectivity index is 1.85. The average molecular weight is 261 g/mol. The van der Waals surface area contributed by atoms with Crippen molar-refractivity contribution in [3.05, 3.63) is 57.8 Å². The minimum atomic E-state index is -0.870. The van der Waals surface area contributed by atoms with Crippen LogP contribution in [-0.4, -0.2) is 17.6 Å². The van der Waals surface area contributed by atoms with Crippen LogP contribution in [0.4, 0.5) is 0 Å². The molecule has 1 aromatic carbocycles. The molecule has 0 aliphatic rings. The summed E-state index contributed by atoms with van der Waals surface area (Å²) in [6.45, 7) is 1.45. The van der Waals surface area contributed by atoms with Gasteiger partial charge in [-0.1, -0.05) is 24.3 Å². The number of hydrogen-bond acceptors (Lipinski definition) is 3. The molecule has 0 aliphatic heterocycles. The summed E-state index contributed by atoms with van der Waals surface area (Å²) in [5.41, 5.74) is 1.21. The predicted molar refractivity (Wildman–Crippen MR) is 73.1 cm³/mol. The maximum Gasteiger partial charge on any atom is 0.336 e. The summed E-state index contributed by atoms with van der Waals surface area (Å²) < 4.78 is 0. The van der Waals surface area contributed by atoms with Crippen molar-refractivity contribution >= 4 is 17.3 Å². The van der Waals surface area contributed by atoms with E-state index in [9.17, 15) is 4.79 Å². The number of benzene rings is 1. The molecule has 0 unspecified atom stereocenters. The first-order valence-corrected chi connectivity index (χ1v) is 6.69. The van der Waals surface area contributed by atoms with E-state index in [1.165, 1.54) is 4.88 Å². The number of carboxylic acids is 1. The highest BCUT2D eigenvalue weighted by atomic mass is 32.1. The Hall–Kier alpha value is -1.65. The lowest BCUT2D eigenvalue weighted by Crippen LogP contribution is -2.18. The van der Waals surface area contributed by atoms with Crippen LogP contribution in [0.2, 0.25) is 0 Å². The molecule has 3 nitrogen and oxygen atoms in total. The van der Waals surface area contributed by atoms with Crippen LogP contribution >= 0.6 is 11.3 Å². The van der Waals surface area contributed by atoms with E-state index in [-0.39, 0.29) is 0 Å². The van der Waals surface area contributed by atoms with E-state index in [4.69, 9.17) is 5.11 Å². The van der Waals surface area contributed by atoms with Gasteiger partial charge in [-0.2, -0.15) is 0 Å². The van der Waals surface area contributed by atoms with Gasteiger partial charge >= 0.3 is 5.97 Å². The van der Waals surface area contributed by atoms with Crippen molar-refractivity contribution in [1.29, 1.82) is 0 Å². The van der Waals surface area contributed by atoms with E-state index >= 15 is 0 Å². The third-order valence-electron chi connectivity index (χ3n) is 2.69. The molecule has 0 amide bonds. The van der Waals surface area contributed by atoms with Crippen LogP contribution in [-0.2, 0) is 13.0 Å². The third kappa shape index (κ3) is 3.42. The lowest BCUT2D eigenvalue weighted by molar-refractivity contribution is 0.0695. The van der Waals surface area contributed by atoms with Crippen molar-refractivity contribution in [2.24, 2.45) is 0 Å². The lowest BCUT2D eigenvalue weighted by atomic mass is 10.1. The molecule has 0 aliphatic carbocycles. The predicted octanol–water partition coefficient (Wildman–Crippen LogP) is 2.78. The second-order valence-electron chi connectivity index (χ2n) is 3.97. The summed E-state index contributed by atoms with van der Waals surface area (Å²) in [6, 6.07) is 11.2. The summed E-state index contributed by atoms with van der Waals surface area (Å²) in [5.74, 6) is -0.870. The SMILES string of the molecule is O=C(O)c1ccccc1CNCCc1cccs1. The van der Waals surface area contributed by atoms with Gasteiger partial charge in [-0.3, -0.25) is 0 Å².